The van der Waals surface area contributed by atoms with E-state index in [1.54, 1.807) is 43.3 Å². The second kappa shape index (κ2) is 12.8. The molecule has 3 aromatic rings. The molecule has 9 heteroatoms. The summed E-state index contributed by atoms with van der Waals surface area (Å²) in [6.45, 7) is 8.79. The Balaban J connectivity index is 2.05. The summed E-state index contributed by atoms with van der Waals surface area (Å²) in [6, 6.07) is 19.7. The number of ether oxygens (including phenoxy) is 1. The van der Waals surface area contributed by atoms with Gasteiger partial charge in [-0.25, -0.2) is 8.42 Å². The number of hydrogen-bond donors (Lipinski definition) is 1. The number of benzene rings is 3. The van der Waals surface area contributed by atoms with E-state index < -0.39 is 28.5 Å². The van der Waals surface area contributed by atoms with Crippen LogP contribution < -0.4 is 14.4 Å². The van der Waals surface area contributed by atoms with Crippen LogP contribution in [-0.4, -0.2) is 50.9 Å². The molecule has 3 aromatic carbocycles. The molecular formula is C30H37N3O5S. The van der Waals surface area contributed by atoms with Crippen LogP contribution in [-0.2, 0) is 26.2 Å². The summed E-state index contributed by atoms with van der Waals surface area (Å²) in [5.74, 6) is -0.382. The highest BCUT2D eigenvalue weighted by Crippen LogP contribution is 2.28. The van der Waals surface area contributed by atoms with Gasteiger partial charge in [0.2, 0.25) is 11.8 Å². The first kappa shape index (κ1) is 29.7. The molecule has 0 saturated carbocycles. The van der Waals surface area contributed by atoms with Gasteiger partial charge in [-0.15, -0.1) is 0 Å². The molecule has 0 aliphatic heterocycles. The van der Waals surface area contributed by atoms with Gasteiger partial charge in [0.05, 0.1) is 17.7 Å². The molecule has 0 aliphatic carbocycles. The van der Waals surface area contributed by atoms with Gasteiger partial charge < -0.3 is 15.0 Å². The van der Waals surface area contributed by atoms with E-state index in [0.717, 1.165) is 21.0 Å². The molecule has 1 unspecified atom stereocenters. The Morgan fingerprint density at radius 1 is 0.897 bits per heavy atom. The minimum atomic E-state index is -4.14. The fourth-order valence-corrected chi connectivity index (χ4v) is 5.53. The molecule has 2 amide bonds. The molecule has 3 rings (SSSR count). The number of rotatable bonds is 11. The molecule has 0 spiro atoms. The van der Waals surface area contributed by atoms with Crippen molar-refractivity contribution in [2.75, 3.05) is 18.0 Å². The number of amides is 2. The number of nitrogens with one attached hydrogen (secondary N) is 1. The van der Waals surface area contributed by atoms with Gasteiger partial charge in [-0.1, -0.05) is 53.6 Å². The van der Waals surface area contributed by atoms with Crippen LogP contribution in [0.5, 0.6) is 5.75 Å². The normalized spacial score (nSPS) is 12.1. The Morgan fingerprint density at radius 2 is 1.56 bits per heavy atom. The van der Waals surface area contributed by atoms with E-state index in [4.69, 9.17) is 4.74 Å². The summed E-state index contributed by atoms with van der Waals surface area (Å²) in [4.78, 5) is 28.4. The minimum absolute atomic E-state index is 0.0551. The predicted octanol–water partition coefficient (Wildman–Crippen LogP) is 4.45. The fourth-order valence-electron chi connectivity index (χ4n) is 4.13. The van der Waals surface area contributed by atoms with Crippen molar-refractivity contribution in [2.45, 2.75) is 58.1 Å². The zero-order chi connectivity index (χ0) is 28.7. The van der Waals surface area contributed by atoms with Crippen LogP contribution in [0.4, 0.5) is 5.69 Å². The van der Waals surface area contributed by atoms with Gasteiger partial charge in [0.15, 0.2) is 0 Å². The number of nitrogens with zero attached hydrogens (tertiary/aromatic N) is 2. The third-order valence-electron chi connectivity index (χ3n) is 6.26. The van der Waals surface area contributed by atoms with Gasteiger partial charge in [0.1, 0.15) is 18.3 Å². The first-order chi connectivity index (χ1) is 18.4. The number of hydrogen-bond acceptors (Lipinski definition) is 5. The van der Waals surface area contributed by atoms with Crippen LogP contribution in [0.15, 0.2) is 77.7 Å². The summed E-state index contributed by atoms with van der Waals surface area (Å²) in [7, 11) is -2.65. The average molecular weight is 552 g/mol. The molecule has 0 heterocycles. The maximum atomic E-state index is 13.9. The van der Waals surface area contributed by atoms with Crippen LogP contribution in [0.3, 0.4) is 0 Å². The maximum Gasteiger partial charge on any atom is 0.264 e. The summed E-state index contributed by atoms with van der Waals surface area (Å²) in [6.07, 6.45) is 0. The molecule has 0 saturated heterocycles. The highest BCUT2D eigenvalue weighted by Gasteiger charge is 2.32. The van der Waals surface area contributed by atoms with Crippen molar-refractivity contribution in [1.82, 2.24) is 10.2 Å². The van der Waals surface area contributed by atoms with E-state index in [1.165, 1.54) is 24.1 Å². The second-order valence-electron chi connectivity index (χ2n) is 9.88. The largest absolute Gasteiger partial charge is 0.497 e. The Labute approximate surface area is 231 Å². The van der Waals surface area contributed by atoms with Crippen molar-refractivity contribution in [2.24, 2.45) is 0 Å². The zero-order valence-electron chi connectivity index (χ0n) is 23.3. The number of carbonyl (C=O) groups is 2. The van der Waals surface area contributed by atoms with Gasteiger partial charge in [-0.3, -0.25) is 13.9 Å². The minimum Gasteiger partial charge on any atom is -0.497 e. The topological polar surface area (TPSA) is 96.0 Å². The zero-order valence-corrected chi connectivity index (χ0v) is 24.2. The van der Waals surface area contributed by atoms with Crippen molar-refractivity contribution < 1.29 is 22.7 Å². The molecule has 0 aromatic heterocycles. The van der Waals surface area contributed by atoms with Gasteiger partial charge in [-0.05, 0) is 64.4 Å². The third-order valence-corrected chi connectivity index (χ3v) is 8.05. The molecule has 1 N–H and O–H groups in total. The number of sulfonamides is 1. The SMILES string of the molecule is COc1cccc(N(CC(=O)N(Cc2cccc(C)c2)C(C)C(=O)NC(C)C)S(=O)(=O)c2ccc(C)cc2)c1. The molecule has 39 heavy (non-hydrogen) atoms. The lowest BCUT2D eigenvalue weighted by Crippen LogP contribution is -2.52. The summed E-state index contributed by atoms with van der Waals surface area (Å²) in [5, 5.41) is 2.86. The Kier molecular flexibility index (Phi) is 9.75. The standard InChI is InChI=1S/C30H37N3O5S/c1-21(2)31-30(35)24(5)32(19-25-10-7-9-23(4)17-25)29(34)20-33(26-11-8-12-27(18-26)38-6)39(36,37)28-15-13-22(3)14-16-28/h7-18,21,24H,19-20H2,1-6H3,(H,31,35). The van der Waals surface area contributed by atoms with Gasteiger partial charge >= 0.3 is 0 Å². The average Bonchev–Trinajstić information content (AvgIpc) is 2.89. The predicted molar refractivity (Wildman–Crippen MR) is 153 cm³/mol. The lowest BCUT2D eigenvalue weighted by Gasteiger charge is -2.32. The van der Waals surface area contributed by atoms with Crippen LogP contribution in [0.25, 0.3) is 0 Å². The van der Waals surface area contributed by atoms with E-state index in [0.29, 0.717) is 5.75 Å². The molecule has 0 bridgehead atoms. The van der Waals surface area contributed by atoms with Gasteiger partial charge in [0, 0.05) is 18.7 Å². The lowest BCUT2D eigenvalue weighted by atomic mass is 10.1. The molecular weight excluding hydrogens is 514 g/mol. The smallest absolute Gasteiger partial charge is 0.264 e. The van der Waals surface area contributed by atoms with Crippen molar-refractivity contribution in [3.05, 3.63) is 89.5 Å². The van der Waals surface area contributed by atoms with E-state index in [2.05, 4.69) is 5.32 Å². The molecule has 8 nitrogen and oxygen atoms in total. The number of aryl methyl sites for hydroxylation is 2. The van der Waals surface area contributed by atoms with Crippen molar-refractivity contribution in [3.63, 3.8) is 0 Å². The first-order valence-electron chi connectivity index (χ1n) is 12.8. The summed E-state index contributed by atoms with van der Waals surface area (Å²) < 4.78 is 34.2. The Hall–Kier alpha value is -3.85. The summed E-state index contributed by atoms with van der Waals surface area (Å²) >= 11 is 0. The Bertz CT molecular complexity index is 1400. The maximum absolute atomic E-state index is 13.9. The quantitative estimate of drug-likeness (QED) is 0.380. The van der Waals surface area contributed by atoms with E-state index in [9.17, 15) is 18.0 Å². The molecule has 0 fully saturated rings. The fraction of sp³-hybridized carbons (Fsp3) is 0.333. The first-order valence-corrected chi connectivity index (χ1v) is 14.2. The van der Waals surface area contributed by atoms with Crippen LogP contribution in [0.1, 0.15) is 37.5 Å². The molecule has 0 radical (unpaired) electrons. The molecule has 0 aliphatic rings. The summed E-state index contributed by atoms with van der Waals surface area (Å²) in [5.41, 5.74) is 3.03. The van der Waals surface area contributed by atoms with Gasteiger partial charge in [0.25, 0.3) is 10.0 Å². The highest BCUT2D eigenvalue weighted by molar-refractivity contribution is 7.92. The van der Waals surface area contributed by atoms with Crippen molar-refractivity contribution in [1.29, 1.82) is 0 Å². The lowest BCUT2D eigenvalue weighted by molar-refractivity contribution is -0.139. The van der Waals surface area contributed by atoms with Crippen LogP contribution in [0.2, 0.25) is 0 Å². The third kappa shape index (κ3) is 7.60. The Morgan fingerprint density at radius 3 is 2.18 bits per heavy atom. The van der Waals surface area contributed by atoms with Crippen molar-refractivity contribution >= 4 is 27.5 Å². The van der Waals surface area contributed by atoms with Gasteiger partial charge in [-0.2, -0.15) is 0 Å². The van der Waals surface area contributed by atoms with Crippen LogP contribution >= 0.6 is 0 Å². The van der Waals surface area contributed by atoms with E-state index in [-0.39, 0.29) is 29.1 Å². The van der Waals surface area contributed by atoms with E-state index >= 15 is 0 Å². The number of methoxy groups -OCH3 is 1. The second-order valence-corrected chi connectivity index (χ2v) is 11.7. The molecule has 1 atom stereocenters. The monoisotopic (exact) mass is 551 g/mol. The molecule has 208 valence electrons. The number of anilines is 1. The van der Waals surface area contributed by atoms with Crippen molar-refractivity contribution in [3.8, 4) is 5.75 Å². The highest BCUT2D eigenvalue weighted by atomic mass is 32.2. The number of carbonyl (C=O) groups excluding carboxylic acids is 2. The van der Waals surface area contributed by atoms with Crippen LogP contribution in [0, 0.1) is 13.8 Å². The van der Waals surface area contributed by atoms with E-state index in [1.807, 2.05) is 52.0 Å².